The minimum Gasteiger partial charge on any atom is -0.478 e. The van der Waals surface area contributed by atoms with E-state index in [1.165, 1.54) is 25.7 Å². The van der Waals surface area contributed by atoms with E-state index in [4.69, 9.17) is 5.11 Å². The Morgan fingerprint density at radius 3 is 2.19 bits per heavy atom. The smallest absolute Gasteiger partial charge is 0.331 e. The van der Waals surface area contributed by atoms with Crippen LogP contribution in [0.1, 0.15) is 65.2 Å². The molecule has 94 valence electrons. The molecule has 2 heteroatoms. The molecule has 0 heterocycles. The number of hydrogen-bond donors (Lipinski definition) is 1. The lowest BCUT2D eigenvalue weighted by atomic mass is 9.90. The van der Waals surface area contributed by atoms with Crippen molar-refractivity contribution >= 4 is 5.97 Å². The highest BCUT2D eigenvalue weighted by Gasteiger charge is 2.16. The summed E-state index contributed by atoms with van der Waals surface area (Å²) in [7, 11) is 0. The van der Waals surface area contributed by atoms with Gasteiger partial charge in [-0.15, -0.1) is 0 Å². The molecule has 1 N–H and O–H groups in total. The Kier molecular flexibility index (Phi) is 8.97. The molecule has 0 aliphatic carbocycles. The normalized spacial score (nSPS) is 12.4. The molecule has 1 atom stereocenters. The summed E-state index contributed by atoms with van der Waals surface area (Å²) in [6.07, 6.45) is 9.15. The van der Waals surface area contributed by atoms with Crippen molar-refractivity contribution in [2.24, 2.45) is 5.92 Å². The summed E-state index contributed by atoms with van der Waals surface area (Å²) in [4.78, 5) is 10.9. The van der Waals surface area contributed by atoms with Gasteiger partial charge in [-0.25, -0.2) is 4.79 Å². The van der Waals surface area contributed by atoms with E-state index in [2.05, 4.69) is 20.4 Å². The third kappa shape index (κ3) is 6.65. The molecular formula is C14H26O2. The molecule has 0 aromatic heterocycles. The van der Waals surface area contributed by atoms with Crippen LogP contribution in [0.5, 0.6) is 0 Å². The Labute approximate surface area is 99.7 Å². The third-order valence-electron chi connectivity index (χ3n) is 3.06. The van der Waals surface area contributed by atoms with Crippen molar-refractivity contribution in [1.82, 2.24) is 0 Å². The van der Waals surface area contributed by atoms with Gasteiger partial charge in [-0.3, -0.25) is 0 Å². The van der Waals surface area contributed by atoms with Crippen molar-refractivity contribution in [2.75, 3.05) is 0 Å². The van der Waals surface area contributed by atoms with E-state index in [0.29, 0.717) is 5.57 Å². The number of rotatable bonds is 10. The molecule has 0 amide bonds. The van der Waals surface area contributed by atoms with Gasteiger partial charge in [0.1, 0.15) is 0 Å². The largest absolute Gasteiger partial charge is 0.478 e. The lowest BCUT2D eigenvalue weighted by Gasteiger charge is -2.15. The molecule has 16 heavy (non-hydrogen) atoms. The van der Waals surface area contributed by atoms with Crippen LogP contribution in [-0.4, -0.2) is 11.1 Å². The van der Waals surface area contributed by atoms with Crippen molar-refractivity contribution < 1.29 is 9.90 Å². The molecular weight excluding hydrogens is 200 g/mol. The van der Waals surface area contributed by atoms with Gasteiger partial charge in [0.15, 0.2) is 0 Å². The minimum atomic E-state index is -0.827. The second-order valence-corrected chi connectivity index (χ2v) is 4.52. The van der Waals surface area contributed by atoms with Crippen molar-refractivity contribution in [3.63, 3.8) is 0 Å². The first-order valence-corrected chi connectivity index (χ1v) is 6.55. The second-order valence-electron chi connectivity index (χ2n) is 4.52. The maximum Gasteiger partial charge on any atom is 0.331 e. The third-order valence-corrected chi connectivity index (χ3v) is 3.06. The first-order valence-electron chi connectivity index (χ1n) is 6.55. The molecule has 0 aromatic carbocycles. The van der Waals surface area contributed by atoms with Crippen molar-refractivity contribution in [3.05, 3.63) is 12.2 Å². The average molecular weight is 226 g/mol. The van der Waals surface area contributed by atoms with Crippen LogP contribution in [-0.2, 0) is 4.79 Å². The van der Waals surface area contributed by atoms with Gasteiger partial charge >= 0.3 is 5.97 Å². The average Bonchev–Trinajstić information content (AvgIpc) is 2.26. The van der Waals surface area contributed by atoms with Gasteiger partial charge in [0.2, 0.25) is 0 Å². The van der Waals surface area contributed by atoms with Crippen LogP contribution < -0.4 is 0 Å². The molecule has 0 aliphatic heterocycles. The van der Waals surface area contributed by atoms with Gasteiger partial charge in [-0.05, 0) is 18.8 Å². The molecule has 0 bridgehead atoms. The summed E-state index contributed by atoms with van der Waals surface area (Å²) in [5.41, 5.74) is 0.400. The fourth-order valence-electron chi connectivity index (χ4n) is 2.01. The second kappa shape index (κ2) is 9.44. The van der Waals surface area contributed by atoms with Crippen LogP contribution in [0.25, 0.3) is 0 Å². The van der Waals surface area contributed by atoms with E-state index in [-0.39, 0.29) is 5.92 Å². The summed E-state index contributed by atoms with van der Waals surface area (Å²) < 4.78 is 0. The number of aliphatic carboxylic acids is 1. The molecule has 2 nitrogen and oxygen atoms in total. The topological polar surface area (TPSA) is 37.3 Å². The lowest BCUT2D eigenvalue weighted by Crippen LogP contribution is -2.11. The van der Waals surface area contributed by atoms with E-state index >= 15 is 0 Å². The Hall–Kier alpha value is -0.790. The summed E-state index contributed by atoms with van der Waals surface area (Å²) in [6, 6.07) is 0. The predicted octanol–water partition coefficient (Wildman–Crippen LogP) is 4.40. The van der Waals surface area contributed by atoms with E-state index < -0.39 is 5.97 Å². The summed E-state index contributed by atoms with van der Waals surface area (Å²) in [5.74, 6) is -0.642. The number of carboxylic acids is 1. The van der Waals surface area contributed by atoms with Gasteiger partial charge in [0.25, 0.3) is 0 Å². The highest BCUT2D eigenvalue weighted by atomic mass is 16.4. The van der Waals surface area contributed by atoms with Gasteiger partial charge in [-0.2, -0.15) is 0 Å². The molecule has 0 radical (unpaired) electrons. The first kappa shape index (κ1) is 15.2. The number of carbonyl (C=O) groups is 1. The van der Waals surface area contributed by atoms with Crippen molar-refractivity contribution in [2.45, 2.75) is 65.2 Å². The summed E-state index contributed by atoms with van der Waals surface area (Å²) in [6.45, 7) is 7.99. The van der Waals surface area contributed by atoms with Crippen molar-refractivity contribution in [1.29, 1.82) is 0 Å². The van der Waals surface area contributed by atoms with E-state index in [1.807, 2.05) is 0 Å². The highest BCUT2D eigenvalue weighted by Crippen LogP contribution is 2.23. The quantitative estimate of drug-likeness (QED) is 0.442. The minimum absolute atomic E-state index is 0.184. The Morgan fingerprint density at radius 1 is 1.06 bits per heavy atom. The summed E-state index contributed by atoms with van der Waals surface area (Å²) >= 11 is 0. The van der Waals surface area contributed by atoms with Gasteiger partial charge in [0, 0.05) is 5.57 Å². The van der Waals surface area contributed by atoms with Crippen LogP contribution in [0.2, 0.25) is 0 Å². The van der Waals surface area contributed by atoms with Crippen LogP contribution in [0.4, 0.5) is 0 Å². The van der Waals surface area contributed by atoms with Gasteiger partial charge in [0.05, 0.1) is 0 Å². The maximum absolute atomic E-state index is 10.9. The van der Waals surface area contributed by atoms with E-state index in [9.17, 15) is 4.79 Å². The maximum atomic E-state index is 10.9. The Balaban J connectivity index is 3.85. The van der Waals surface area contributed by atoms with Crippen LogP contribution in [0.3, 0.4) is 0 Å². The van der Waals surface area contributed by atoms with Crippen LogP contribution >= 0.6 is 0 Å². The lowest BCUT2D eigenvalue weighted by molar-refractivity contribution is -0.133. The SMILES string of the molecule is C=C(C(=O)O)C(CCC)CCCCCCC. The molecule has 1 unspecified atom stereocenters. The number of unbranched alkanes of at least 4 members (excludes halogenated alkanes) is 4. The Morgan fingerprint density at radius 2 is 1.69 bits per heavy atom. The standard InChI is InChI=1S/C14H26O2/c1-4-6-7-8-9-11-13(10-5-2)12(3)14(15)16/h13H,3-11H2,1-2H3,(H,15,16). The monoisotopic (exact) mass is 226 g/mol. The molecule has 0 saturated heterocycles. The van der Waals surface area contributed by atoms with Gasteiger partial charge < -0.3 is 5.11 Å². The number of carboxylic acid groups (broad SMARTS) is 1. The van der Waals surface area contributed by atoms with Gasteiger partial charge in [-0.1, -0.05) is 59.0 Å². The highest BCUT2D eigenvalue weighted by molar-refractivity contribution is 5.86. The van der Waals surface area contributed by atoms with Crippen LogP contribution in [0, 0.1) is 5.92 Å². The van der Waals surface area contributed by atoms with Crippen LogP contribution in [0.15, 0.2) is 12.2 Å². The Bertz CT molecular complexity index is 209. The van der Waals surface area contributed by atoms with E-state index in [0.717, 1.165) is 25.7 Å². The zero-order chi connectivity index (χ0) is 12.4. The predicted molar refractivity (Wildman–Crippen MR) is 68.5 cm³/mol. The molecule has 0 rings (SSSR count). The first-order chi connectivity index (χ1) is 7.63. The molecule has 0 saturated carbocycles. The number of hydrogen-bond acceptors (Lipinski definition) is 1. The fourth-order valence-corrected chi connectivity index (χ4v) is 2.01. The zero-order valence-corrected chi connectivity index (χ0v) is 10.8. The molecule has 0 fully saturated rings. The molecule has 0 aliphatic rings. The van der Waals surface area contributed by atoms with Crippen molar-refractivity contribution in [3.8, 4) is 0 Å². The molecule has 0 spiro atoms. The molecule has 0 aromatic rings. The zero-order valence-electron chi connectivity index (χ0n) is 10.8. The van der Waals surface area contributed by atoms with E-state index in [1.54, 1.807) is 0 Å². The summed E-state index contributed by atoms with van der Waals surface area (Å²) in [5, 5.41) is 8.92. The fraction of sp³-hybridized carbons (Fsp3) is 0.786.